The van der Waals surface area contributed by atoms with Crippen molar-refractivity contribution in [3.63, 3.8) is 0 Å². The topological polar surface area (TPSA) is 74.6 Å². The van der Waals surface area contributed by atoms with Crippen molar-refractivity contribution in [2.75, 3.05) is 19.6 Å². The van der Waals surface area contributed by atoms with Crippen LogP contribution in [0.15, 0.2) is 22.8 Å². The van der Waals surface area contributed by atoms with E-state index in [-0.39, 0.29) is 18.4 Å². The van der Waals surface area contributed by atoms with Crippen LogP contribution < -0.4 is 10.6 Å². The van der Waals surface area contributed by atoms with Gasteiger partial charge in [0.15, 0.2) is 0 Å². The number of piperidine rings is 3. The Morgan fingerprint density at radius 3 is 2.75 bits per heavy atom. The van der Waals surface area contributed by atoms with E-state index in [1.54, 1.807) is 12.1 Å². The van der Waals surface area contributed by atoms with Crippen LogP contribution in [0.2, 0.25) is 0 Å². The molecule has 0 radical (unpaired) electrons. The zero-order valence-corrected chi connectivity index (χ0v) is 11.3. The first-order chi connectivity index (χ1) is 9.70. The number of fused-ring (bicyclic) bond motifs is 3. The molecular weight excluding hydrogens is 258 g/mol. The van der Waals surface area contributed by atoms with Gasteiger partial charge in [-0.15, -0.1) is 0 Å². The number of rotatable bonds is 3. The van der Waals surface area contributed by atoms with Crippen LogP contribution in [0.1, 0.15) is 18.6 Å². The molecule has 20 heavy (non-hydrogen) atoms. The highest BCUT2D eigenvalue weighted by Crippen LogP contribution is 2.27. The number of amides is 3. The van der Waals surface area contributed by atoms with Crippen molar-refractivity contribution < 1.29 is 14.0 Å². The molecule has 4 rings (SSSR count). The van der Waals surface area contributed by atoms with Gasteiger partial charge in [-0.3, -0.25) is 10.1 Å². The molecular formula is C14H19N3O3. The fourth-order valence-electron chi connectivity index (χ4n) is 3.08. The van der Waals surface area contributed by atoms with Gasteiger partial charge in [0.25, 0.3) is 0 Å². The lowest BCUT2D eigenvalue weighted by molar-refractivity contribution is -0.119. The standard InChI is InChI=1S/C14H19N3O3/c18-13(8-11-2-1-7-20-11)16-14(19)15-12-9-17-5-3-10(12)4-6-17/h1-2,7,10,12H,3-6,8-9H2,(H2,15,16,18,19). The first-order valence-corrected chi connectivity index (χ1v) is 7.06. The minimum absolute atomic E-state index is 0.0840. The van der Waals surface area contributed by atoms with E-state index < -0.39 is 6.03 Å². The lowest BCUT2D eigenvalue weighted by Crippen LogP contribution is -2.59. The molecule has 4 heterocycles. The van der Waals surface area contributed by atoms with Crippen LogP contribution in [0.5, 0.6) is 0 Å². The second-order valence-corrected chi connectivity index (χ2v) is 5.52. The molecule has 108 valence electrons. The Hall–Kier alpha value is -1.82. The van der Waals surface area contributed by atoms with Crippen LogP contribution >= 0.6 is 0 Å². The third-order valence-corrected chi connectivity index (χ3v) is 4.14. The Labute approximate surface area is 117 Å². The van der Waals surface area contributed by atoms with E-state index in [0.717, 1.165) is 32.5 Å². The van der Waals surface area contributed by atoms with Crippen molar-refractivity contribution in [1.29, 1.82) is 0 Å². The summed E-state index contributed by atoms with van der Waals surface area (Å²) in [6.07, 6.45) is 3.85. The highest BCUT2D eigenvalue weighted by Gasteiger charge is 2.34. The van der Waals surface area contributed by atoms with Crippen LogP contribution in [0.3, 0.4) is 0 Å². The van der Waals surface area contributed by atoms with Gasteiger partial charge in [-0.1, -0.05) is 0 Å². The zero-order chi connectivity index (χ0) is 13.9. The summed E-state index contributed by atoms with van der Waals surface area (Å²) in [6, 6.07) is 3.19. The number of nitrogens with zero attached hydrogens (tertiary/aromatic N) is 1. The summed E-state index contributed by atoms with van der Waals surface area (Å²) in [7, 11) is 0. The zero-order valence-electron chi connectivity index (χ0n) is 11.3. The molecule has 2 bridgehead atoms. The Balaban J connectivity index is 1.46. The largest absolute Gasteiger partial charge is 0.469 e. The van der Waals surface area contributed by atoms with Gasteiger partial charge in [0.05, 0.1) is 12.7 Å². The summed E-state index contributed by atoms with van der Waals surface area (Å²) in [5.41, 5.74) is 0. The van der Waals surface area contributed by atoms with Crippen LogP contribution in [-0.2, 0) is 11.2 Å². The summed E-state index contributed by atoms with van der Waals surface area (Å²) in [4.78, 5) is 25.9. The highest BCUT2D eigenvalue weighted by atomic mass is 16.3. The third kappa shape index (κ3) is 3.01. The van der Waals surface area contributed by atoms with E-state index in [2.05, 4.69) is 15.5 Å². The quantitative estimate of drug-likeness (QED) is 0.854. The van der Waals surface area contributed by atoms with Crippen LogP contribution in [0.25, 0.3) is 0 Å². The molecule has 0 aliphatic carbocycles. The van der Waals surface area contributed by atoms with E-state index in [4.69, 9.17) is 4.42 Å². The molecule has 6 nitrogen and oxygen atoms in total. The molecule has 3 aliphatic heterocycles. The SMILES string of the molecule is O=C(Cc1ccco1)NC(=O)NC1CN2CCC1CC2. The monoisotopic (exact) mass is 277 g/mol. The van der Waals surface area contributed by atoms with E-state index in [1.165, 1.54) is 6.26 Å². The Bertz CT molecular complexity index is 478. The van der Waals surface area contributed by atoms with Gasteiger partial charge in [0.1, 0.15) is 5.76 Å². The minimum Gasteiger partial charge on any atom is -0.469 e. The smallest absolute Gasteiger partial charge is 0.321 e. The fourth-order valence-corrected chi connectivity index (χ4v) is 3.08. The molecule has 3 fully saturated rings. The maximum atomic E-state index is 11.8. The first-order valence-electron chi connectivity index (χ1n) is 7.06. The highest BCUT2D eigenvalue weighted by molar-refractivity contribution is 5.95. The summed E-state index contributed by atoms with van der Waals surface area (Å²) >= 11 is 0. The summed E-state index contributed by atoms with van der Waals surface area (Å²) in [5, 5.41) is 5.28. The number of hydrogen-bond acceptors (Lipinski definition) is 4. The van der Waals surface area contributed by atoms with Gasteiger partial charge in [0.2, 0.25) is 5.91 Å². The second kappa shape index (κ2) is 5.66. The number of furan rings is 1. The van der Waals surface area contributed by atoms with Crippen LogP contribution in [0.4, 0.5) is 4.79 Å². The molecule has 6 heteroatoms. The number of carbonyl (C=O) groups is 2. The molecule has 1 aromatic rings. The number of imide groups is 1. The van der Waals surface area contributed by atoms with E-state index in [0.29, 0.717) is 11.7 Å². The van der Waals surface area contributed by atoms with Crippen molar-refractivity contribution in [1.82, 2.24) is 15.5 Å². The van der Waals surface area contributed by atoms with Crippen LogP contribution in [0, 0.1) is 5.92 Å². The normalized spacial score (nSPS) is 28.1. The lowest BCUT2D eigenvalue weighted by Gasteiger charge is -2.44. The predicted molar refractivity (Wildman–Crippen MR) is 72.0 cm³/mol. The van der Waals surface area contributed by atoms with Crippen LogP contribution in [-0.4, -0.2) is 42.5 Å². The van der Waals surface area contributed by atoms with Gasteiger partial charge < -0.3 is 14.6 Å². The average Bonchev–Trinajstić information content (AvgIpc) is 2.92. The Kier molecular flexibility index (Phi) is 3.73. The molecule has 0 saturated carbocycles. The predicted octanol–water partition coefficient (Wildman–Crippen LogP) is 0.742. The van der Waals surface area contributed by atoms with E-state index >= 15 is 0 Å². The number of urea groups is 1. The first kappa shape index (κ1) is 13.2. The van der Waals surface area contributed by atoms with Crippen molar-refractivity contribution in [2.45, 2.75) is 25.3 Å². The van der Waals surface area contributed by atoms with Gasteiger partial charge in [-0.05, 0) is 44.0 Å². The molecule has 2 N–H and O–H groups in total. The molecule has 3 saturated heterocycles. The Morgan fingerprint density at radius 2 is 2.15 bits per heavy atom. The maximum Gasteiger partial charge on any atom is 0.321 e. The molecule has 1 unspecified atom stereocenters. The van der Waals surface area contributed by atoms with Crippen molar-refractivity contribution in [3.8, 4) is 0 Å². The van der Waals surface area contributed by atoms with Crippen molar-refractivity contribution in [3.05, 3.63) is 24.2 Å². The minimum atomic E-state index is -0.402. The third-order valence-electron chi connectivity index (χ3n) is 4.14. The fraction of sp³-hybridized carbons (Fsp3) is 0.571. The second-order valence-electron chi connectivity index (χ2n) is 5.52. The van der Waals surface area contributed by atoms with Crippen molar-refractivity contribution >= 4 is 11.9 Å². The lowest BCUT2D eigenvalue weighted by atomic mass is 9.84. The molecule has 1 aromatic heterocycles. The molecule has 0 spiro atoms. The Morgan fingerprint density at radius 1 is 1.35 bits per heavy atom. The molecule has 0 aromatic carbocycles. The van der Waals surface area contributed by atoms with E-state index in [9.17, 15) is 9.59 Å². The van der Waals surface area contributed by atoms with Crippen molar-refractivity contribution in [2.24, 2.45) is 5.92 Å². The van der Waals surface area contributed by atoms with Gasteiger partial charge in [0, 0.05) is 12.6 Å². The molecule has 3 amide bonds. The molecule has 3 aliphatic rings. The summed E-state index contributed by atoms with van der Waals surface area (Å²) in [5.74, 6) is 0.753. The summed E-state index contributed by atoms with van der Waals surface area (Å²) in [6.45, 7) is 3.15. The number of nitrogens with one attached hydrogen (secondary N) is 2. The van der Waals surface area contributed by atoms with Gasteiger partial charge >= 0.3 is 6.03 Å². The number of hydrogen-bond donors (Lipinski definition) is 2. The summed E-state index contributed by atoms with van der Waals surface area (Å²) < 4.78 is 5.08. The number of carbonyl (C=O) groups excluding carboxylic acids is 2. The molecule has 1 atom stereocenters. The van der Waals surface area contributed by atoms with Gasteiger partial charge in [-0.25, -0.2) is 4.79 Å². The maximum absolute atomic E-state index is 11.8. The van der Waals surface area contributed by atoms with E-state index in [1.807, 2.05) is 0 Å². The van der Waals surface area contributed by atoms with Gasteiger partial charge in [-0.2, -0.15) is 0 Å². The average molecular weight is 277 g/mol.